The quantitative estimate of drug-likeness (QED) is 0.672. The van der Waals surface area contributed by atoms with Crippen LogP contribution in [-0.2, 0) is 11.2 Å². The molecule has 4 rings (SSSR count). The molecular weight excluding hydrogens is 358 g/mol. The Kier molecular flexibility index (Phi) is 4.82. The lowest BCUT2D eigenvalue weighted by atomic mass is 10.1. The molecule has 1 atom stereocenters. The third kappa shape index (κ3) is 3.81. The highest BCUT2D eigenvalue weighted by Crippen LogP contribution is 2.30. The van der Waals surface area contributed by atoms with Crippen LogP contribution in [0.1, 0.15) is 34.8 Å². The van der Waals surface area contributed by atoms with Crippen LogP contribution in [0, 0.1) is 6.92 Å². The van der Waals surface area contributed by atoms with Crippen LogP contribution in [-0.4, -0.2) is 15.5 Å². The van der Waals surface area contributed by atoms with Crippen LogP contribution in [0.3, 0.4) is 0 Å². The Labute approximate surface area is 163 Å². The molecule has 136 valence electrons. The molecule has 1 heterocycles. The van der Waals surface area contributed by atoms with Gasteiger partial charge in [-0.05, 0) is 54.7 Å². The van der Waals surface area contributed by atoms with E-state index in [4.69, 9.17) is 11.6 Å². The maximum absolute atomic E-state index is 12.3. The second-order valence-electron chi connectivity index (χ2n) is 6.77. The fourth-order valence-electron chi connectivity index (χ4n) is 3.49. The van der Waals surface area contributed by atoms with Crippen LogP contribution in [0.15, 0.2) is 61.1 Å². The molecule has 5 heteroatoms. The van der Waals surface area contributed by atoms with Gasteiger partial charge in [-0.2, -0.15) is 0 Å². The van der Waals surface area contributed by atoms with E-state index in [0.717, 1.165) is 29.8 Å². The zero-order valence-electron chi connectivity index (χ0n) is 15.0. The normalized spacial score (nSPS) is 15.9. The first kappa shape index (κ1) is 17.6. The molecule has 1 amide bonds. The van der Waals surface area contributed by atoms with Gasteiger partial charge in [0.1, 0.15) is 0 Å². The van der Waals surface area contributed by atoms with Crippen molar-refractivity contribution < 1.29 is 4.79 Å². The molecule has 0 saturated heterocycles. The summed E-state index contributed by atoms with van der Waals surface area (Å²) in [4.78, 5) is 16.5. The monoisotopic (exact) mass is 377 g/mol. The van der Waals surface area contributed by atoms with Gasteiger partial charge in [0.2, 0.25) is 5.91 Å². The van der Waals surface area contributed by atoms with E-state index >= 15 is 0 Å². The fraction of sp³-hybridized carbons (Fsp3) is 0.182. The summed E-state index contributed by atoms with van der Waals surface area (Å²) >= 11 is 6.40. The highest BCUT2D eigenvalue weighted by Gasteiger charge is 2.22. The molecule has 1 aliphatic rings. The van der Waals surface area contributed by atoms with Gasteiger partial charge in [-0.1, -0.05) is 41.9 Å². The largest absolute Gasteiger partial charge is 0.346 e. The van der Waals surface area contributed by atoms with Crippen LogP contribution in [0.25, 0.3) is 11.8 Å². The summed E-state index contributed by atoms with van der Waals surface area (Å²) in [6.45, 7) is 1.93. The van der Waals surface area contributed by atoms with Gasteiger partial charge in [0.05, 0.1) is 28.8 Å². The number of benzene rings is 2. The number of nitrogens with one attached hydrogen (secondary N) is 1. The highest BCUT2D eigenvalue weighted by atomic mass is 35.5. The summed E-state index contributed by atoms with van der Waals surface area (Å²) in [5, 5.41) is 3.70. The SMILES string of the molecule is Cc1cn(-c2ccc(/C=C/C(=O)NC3CCc4ccccc43)cc2Cl)cn1. The van der Waals surface area contributed by atoms with Gasteiger partial charge in [-0.3, -0.25) is 4.79 Å². The van der Waals surface area contributed by atoms with E-state index < -0.39 is 0 Å². The standard InChI is InChI=1S/C22H20ClN3O/c1-15-13-26(14-24-15)21-10-6-16(12-19(21)23)7-11-22(27)25-20-9-8-17-4-2-3-5-18(17)20/h2-7,10-14,20H,8-9H2,1H3,(H,25,27)/b11-7+. The second-order valence-corrected chi connectivity index (χ2v) is 7.17. The minimum absolute atomic E-state index is 0.0915. The number of aryl methyl sites for hydroxylation is 2. The third-order valence-electron chi connectivity index (χ3n) is 4.84. The minimum atomic E-state index is -0.0952. The number of hydrogen-bond acceptors (Lipinski definition) is 2. The Morgan fingerprint density at radius 1 is 1.30 bits per heavy atom. The number of carbonyl (C=O) groups excluding carboxylic acids is 1. The van der Waals surface area contributed by atoms with Crippen molar-refractivity contribution in [3.63, 3.8) is 0 Å². The molecular formula is C22H20ClN3O. The van der Waals surface area contributed by atoms with Crippen molar-refractivity contribution in [2.45, 2.75) is 25.8 Å². The molecule has 1 N–H and O–H groups in total. The number of aromatic nitrogens is 2. The van der Waals surface area contributed by atoms with Gasteiger partial charge in [-0.15, -0.1) is 0 Å². The number of halogens is 1. The number of hydrogen-bond donors (Lipinski definition) is 1. The summed E-state index contributed by atoms with van der Waals surface area (Å²) in [6.07, 6.45) is 8.96. The number of fused-ring (bicyclic) bond motifs is 1. The summed E-state index contributed by atoms with van der Waals surface area (Å²) in [5.74, 6) is -0.0952. The van der Waals surface area contributed by atoms with Gasteiger partial charge in [0, 0.05) is 12.3 Å². The average molecular weight is 378 g/mol. The van der Waals surface area contributed by atoms with Crippen LogP contribution in [0.4, 0.5) is 0 Å². The fourth-order valence-corrected chi connectivity index (χ4v) is 3.77. The van der Waals surface area contributed by atoms with Gasteiger partial charge in [-0.25, -0.2) is 4.98 Å². The summed E-state index contributed by atoms with van der Waals surface area (Å²) in [5.41, 5.74) is 5.22. The Balaban J connectivity index is 1.44. The van der Waals surface area contributed by atoms with Crippen molar-refractivity contribution in [2.24, 2.45) is 0 Å². The number of imidazole rings is 1. The Hall–Kier alpha value is -2.85. The van der Waals surface area contributed by atoms with Crippen molar-refractivity contribution in [1.29, 1.82) is 0 Å². The van der Waals surface area contributed by atoms with Crippen molar-refractivity contribution in [3.05, 3.63) is 88.5 Å². The van der Waals surface area contributed by atoms with Gasteiger partial charge >= 0.3 is 0 Å². The van der Waals surface area contributed by atoms with E-state index in [1.54, 1.807) is 18.5 Å². The van der Waals surface area contributed by atoms with E-state index in [2.05, 4.69) is 22.4 Å². The maximum atomic E-state index is 12.3. The van der Waals surface area contributed by atoms with Crippen molar-refractivity contribution >= 4 is 23.6 Å². The molecule has 0 fully saturated rings. The molecule has 2 aromatic carbocycles. The first-order valence-corrected chi connectivity index (χ1v) is 9.35. The number of amides is 1. The zero-order chi connectivity index (χ0) is 18.8. The first-order valence-electron chi connectivity index (χ1n) is 8.97. The van der Waals surface area contributed by atoms with Crippen LogP contribution in [0.2, 0.25) is 5.02 Å². The predicted octanol–water partition coefficient (Wildman–Crippen LogP) is 4.65. The molecule has 3 aromatic rings. The lowest BCUT2D eigenvalue weighted by Crippen LogP contribution is -2.25. The van der Waals surface area contributed by atoms with Crippen molar-refractivity contribution in [3.8, 4) is 5.69 Å². The van der Waals surface area contributed by atoms with Crippen molar-refractivity contribution in [2.75, 3.05) is 0 Å². The molecule has 0 spiro atoms. The predicted molar refractivity (Wildman–Crippen MR) is 108 cm³/mol. The van der Waals surface area contributed by atoms with Crippen molar-refractivity contribution in [1.82, 2.24) is 14.9 Å². The second kappa shape index (κ2) is 7.41. The van der Waals surface area contributed by atoms with Crippen LogP contribution in [0.5, 0.6) is 0 Å². The molecule has 0 radical (unpaired) electrons. The van der Waals surface area contributed by atoms with Crippen LogP contribution < -0.4 is 5.32 Å². The molecule has 1 unspecified atom stereocenters. The summed E-state index contributed by atoms with van der Waals surface area (Å²) in [6, 6.07) is 14.1. The smallest absolute Gasteiger partial charge is 0.244 e. The Morgan fingerprint density at radius 2 is 2.15 bits per heavy atom. The van der Waals surface area contributed by atoms with Gasteiger partial charge in [0.15, 0.2) is 0 Å². The molecule has 27 heavy (non-hydrogen) atoms. The lowest BCUT2D eigenvalue weighted by Gasteiger charge is -2.12. The number of nitrogens with zero attached hydrogens (tertiary/aromatic N) is 2. The highest BCUT2D eigenvalue weighted by molar-refractivity contribution is 6.32. The number of rotatable bonds is 4. The minimum Gasteiger partial charge on any atom is -0.346 e. The topological polar surface area (TPSA) is 46.9 Å². The van der Waals surface area contributed by atoms with E-state index in [-0.39, 0.29) is 11.9 Å². The maximum Gasteiger partial charge on any atom is 0.244 e. The zero-order valence-corrected chi connectivity index (χ0v) is 15.8. The summed E-state index contributed by atoms with van der Waals surface area (Å²) < 4.78 is 1.88. The Morgan fingerprint density at radius 3 is 2.93 bits per heavy atom. The van der Waals surface area contributed by atoms with E-state index in [1.165, 1.54) is 11.1 Å². The number of carbonyl (C=O) groups is 1. The lowest BCUT2D eigenvalue weighted by molar-refractivity contribution is -0.117. The summed E-state index contributed by atoms with van der Waals surface area (Å²) in [7, 11) is 0. The van der Waals surface area contributed by atoms with Gasteiger partial charge < -0.3 is 9.88 Å². The average Bonchev–Trinajstić information content (AvgIpc) is 3.27. The van der Waals surface area contributed by atoms with E-state index in [9.17, 15) is 4.79 Å². The molecule has 4 nitrogen and oxygen atoms in total. The van der Waals surface area contributed by atoms with E-state index in [1.807, 2.05) is 48.0 Å². The van der Waals surface area contributed by atoms with E-state index in [0.29, 0.717) is 5.02 Å². The van der Waals surface area contributed by atoms with Gasteiger partial charge in [0.25, 0.3) is 0 Å². The molecule has 0 aliphatic heterocycles. The third-order valence-corrected chi connectivity index (χ3v) is 5.14. The molecule has 1 aromatic heterocycles. The van der Waals surface area contributed by atoms with Crippen LogP contribution >= 0.6 is 11.6 Å². The Bertz CT molecular complexity index is 1020. The molecule has 0 saturated carbocycles. The molecule has 0 bridgehead atoms. The molecule has 1 aliphatic carbocycles. The first-order chi connectivity index (χ1) is 13.1.